The van der Waals surface area contributed by atoms with Gasteiger partial charge in [-0.3, -0.25) is 0 Å². The van der Waals surface area contributed by atoms with Gasteiger partial charge in [0.1, 0.15) is 0 Å². The molecule has 0 aliphatic carbocycles. The van der Waals surface area contributed by atoms with Crippen LogP contribution in [0.1, 0.15) is 26.7 Å². The van der Waals surface area contributed by atoms with Gasteiger partial charge in [0.25, 0.3) is 0 Å². The van der Waals surface area contributed by atoms with Crippen LogP contribution in [0.5, 0.6) is 0 Å². The summed E-state index contributed by atoms with van der Waals surface area (Å²) in [7, 11) is -3.31. The molecule has 0 saturated carbocycles. The summed E-state index contributed by atoms with van der Waals surface area (Å²) < 4.78 is 31.4. The van der Waals surface area contributed by atoms with Gasteiger partial charge in [-0.1, -0.05) is 0 Å². The van der Waals surface area contributed by atoms with Crippen molar-refractivity contribution in [2.24, 2.45) is 5.41 Å². The summed E-state index contributed by atoms with van der Waals surface area (Å²) in [6.45, 7) is 4.56. The van der Waals surface area contributed by atoms with Crippen LogP contribution in [0.3, 0.4) is 0 Å². The third-order valence-electron chi connectivity index (χ3n) is 2.63. The fraction of sp³-hybridized carbons (Fsp3) is 0.900. The zero-order valence-electron chi connectivity index (χ0n) is 9.69. The molecule has 6 heteroatoms. The van der Waals surface area contributed by atoms with Crippen molar-refractivity contribution in [3.05, 3.63) is 0 Å². The van der Waals surface area contributed by atoms with E-state index in [0.29, 0.717) is 26.1 Å². The lowest BCUT2D eigenvalue weighted by molar-refractivity contribution is 0.0981. The molecule has 5 nitrogen and oxygen atoms in total. The molecule has 1 aliphatic heterocycles. The van der Waals surface area contributed by atoms with Crippen LogP contribution < -0.4 is 4.72 Å². The third-order valence-corrected chi connectivity index (χ3v) is 4.52. The smallest absolute Gasteiger partial charge is 0.214 e. The Morgan fingerprint density at radius 2 is 2.00 bits per heavy atom. The Hall–Kier alpha value is -0.640. The minimum atomic E-state index is -3.31. The van der Waals surface area contributed by atoms with E-state index in [1.54, 1.807) is 13.8 Å². The van der Waals surface area contributed by atoms with Gasteiger partial charge in [0, 0.05) is 19.8 Å². The number of ether oxygens (including phenoxy) is 1. The zero-order chi connectivity index (χ0) is 12.2. The van der Waals surface area contributed by atoms with Gasteiger partial charge in [-0.25, -0.2) is 13.1 Å². The standard InChI is InChI=1S/C10H18N2O3S/c1-10(2,7-11)8-12-16(13,14)9-3-5-15-6-4-9/h9,12H,3-6,8H2,1-2H3. The summed E-state index contributed by atoms with van der Waals surface area (Å²) in [4.78, 5) is 0. The van der Waals surface area contributed by atoms with Crippen molar-refractivity contribution < 1.29 is 13.2 Å². The van der Waals surface area contributed by atoms with Crippen LogP contribution >= 0.6 is 0 Å². The molecule has 1 aliphatic rings. The van der Waals surface area contributed by atoms with Gasteiger partial charge in [0.2, 0.25) is 10.0 Å². The normalized spacial score (nSPS) is 19.3. The van der Waals surface area contributed by atoms with Crippen LogP contribution in [0, 0.1) is 16.7 Å². The molecule has 1 saturated heterocycles. The van der Waals surface area contributed by atoms with Crippen molar-refractivity contribution in [3.8, 4) is 6.07 Å². The predicted molar refractivity (Wildman–Crippen MR) is 60.2 cm³/mol. The summed E-state index contributed by atoms with van der Waals surface area (Å²) in [5.41, 5.74) is -0.668. The molecule has 16 heavy (non-hydrogen) atoms. The fourth-order valence-corrected chi connectivity index (χ4v) is 3.04. The van der Waals surface area contributed by atoms with Gasteiger partial charge in [-0.2, -0.15) is 5.26 Å². The molecular formula is C10H18N2O3S. The van der Waals surface area contributed by atoms with E-state index in [1.807, 2.05) is 0 Å². The summed E-state index contributed by atoms with van der Waals surface area (Å²) in [6.07, 6.45) is 1.06. The number of nitriles is 1. The fourth-order valence-electron chi connectivity index (χ4n) is 1.42. The highest BCUT2D eigenvalue weighted by molar-refractivity contribution is 7.90. The van der Waals surface area contributed by atoms with Crippen LogP contribution in [-0.4, -0.2) is 33.4 Å². The Morgan fingerprint density at radius 1 is 1.44 bits per heavy atom. The molecule has 0 atom stereocenters. The molecule has 92 valence electrons. The number of hydrogen-bond acceptors (Lipinski definition) is 4. The average Bonchev–Trinajstić information content (AvgIpc) is 2.28. The zero-order valence-corrected chi connectivity index (χ0v) is 10.5. The lowest BCUT2D eigenvalue weighted by Gasteiger charge is -2.24. The summed E-state index contributed by atoms with van der Waals surface area (Å²) in [6, 6.07) is 2.07. The van der Waals surface area contributed by atoms with Crippen LogP contribution in [0.15, 0.2) is 0 Å². The number of nitrogens with zero attached hydrogens (tertiary/aromatic N) is 1. The molecule has 0 unspecified atom stereocenters. The number of nitrogens with one attached hydrogen (secondary N) is 1. The van der Waals surface area contributed by atoms with Gasteiger partial charge in [0.05, 0.1) is 16.7 Å². The molecule has 1 N–H and O–H groups in total. The Labute approximate surface area is 96.8 Å². The van der Waals surface area contributed by atoms with E-state index in [2.05, 4.69) is 10.8 Å². The maximum Gasteiger partial charge on any atom is 0.214 e. The third kappa shape index (κ3) is 3.74. The monoisotopic (exact) mass is 246 g/mol. The SMILES string of the molecule is CC(C)(C#N)CNS(=O)(=O)C1CCOCC1. The molecule has 0 spiro atoms. The van der Waals surface area contributed by atoms with Gasteiger partial charge < -0.3 is 4.74 Å². The van der Waals surface area contributed by atoms with E-state index >= 15 is 0 Å². The number of sulfonamides is 1. The van der Waals surface area contributed by atoms with Gasteiger partial charge in [-0.05, 0) is 26.7 Å². The Bertz CT molecular complexity index is 364. The van der Waals surface area contributed by atoms with Crippen LogP contribution in [0.4, 0.5) is 0 Å². The van der Waals surface area contributed by atoms with Crippen molar-refractivity contribution in [1.29, 1.82) is 5.26 Å². The largest absolute Gasteiger partial charge is 0.381 e. The molecule has 1 fully saturated rings. The second-order valence-corrected chi connectivity index (χ2v) is 6.72. The minimum Gasteiger partial charge on any atom is -0.381 e. The van der Waals surface area contributed by atoms with E-state index in [-0.39, 0.29) is 11.8 Å². The highest BCUT2D eigenvalue weighted by atomic mass is 32.2. The van der Waals surface area contributed by atoms with Crippen molar-refractivity contribution in [2.45, 2.75) is 31.9 Å². The molecule has 1 rings (SSSR count). The molecule has 1 heterocycles. The summed E-state index contributed by atoms with van der Waals surface area (Å²) in [5, 5.41) is 8.42. The molecular weight excluding hydrogens is 228 g/mol. The van der Waals surface area contributed by atoms with Gasteiger partial charge >= 0.3 is 0 Å². The lowest BCUT2D eigenvalue weighted by Crippen LogP contribution is -2.41. The van der Waals surface area contributed by atoms with Gasteiger partial charge in [0.15, 0.2) is 0 Å². The number of hydrogen-bond donors (Lipinski definition) is 1. The molecule has 0 radical (unpaired) electrons. The first-order valence-corrected chi connectivity index (χ1v) is 6.89. The Morgan fingerprint density at radius 3 is 2.50 bits per heavy atom. The average molecular weight is 246 g/mol. The van der Waals surface area contributed by atoms with E-state index < -0.39 is 15.4 Å². The maximum absolute atomic E-state index is 11.9. The summed E-state index contributed by atoms with van der Waals surface area (Å²) in [5.74, 6) is 0. The highest BCUT2D eigenvalue weighted by Gasteiger charge is 2.29. The molecule has 0 bridgehead atoms. The molecule has 0 amide bonds. The molecule has 0 aromatic carbocycles. The Balaban J connectivity index is 2.55. The quantitative estimate of drug-likeness (QED) is 0.789. The van der Waals surface area contributed by atoms with E-state index in [1.165, 1.54) is 0 Å². The van der Waals surface area contributed by atoms with E-state index in [9.17, 15) is 8.42 Å². The second-order valence-electron chi connectivity index (χ2n) is 4.67. The lowest BCUT2D eigenvalue weighted by atomic mass is 9.97. The molecule has 0 aromatic rings. The first-order valence-electron chi connectivity index (χ1n) is 5.35. The minimum absolute atomic E-state index is 0.156. The van der Waals surface area contributed by atoms with Crippen LogP contribution in [0.2, 0.25) is 0 Å². The number of rotatable bonds is 4. The first kappa shape index (κ1) is 13.4. The second kappa shape index (κ2) is 5.13. The maximum atomic E-state index is 11.9. The summed E-state index contributed by atoms with van der Waals surface area (Å²) >= 11 is 0. The van der Waals surface area contributed by atoms with E-state index in [4.69, 9.17) is 10.00 Å². The predicted octanol–water partition coefficient (Wildman–Crippen LogP) is 0.635. The van der Waals surface area contributed by atoms with Crippen LogP contribution in [-0.2, 0) is 14.8 Å². The van der Waals surface area contributed by atoms with Crippen molar-refractivity contribution in [1.82, 2.24) is 4.72 Å². The highest BCUT2D eigenvalue weighted by Crippen LogP contribution is 2.17. The van der Waals surface area contributed by atoms with Crippen LogP contribution in [0.25, 0.3) is 0 Å². The van der Waals surface area contributed by atoms with Crippen molar-refractivity contribution in [3.63, 3.8) is 0 Å². The van der Waals surface area contributed by atoms with E-state index in [0.717, 1.165) is 0 Å². The first-order chi connectivity index (χ1) is 7.37. The van der Waals surface area contributed by atoms with Crippen molar-refractivity contribution >= 4 is 10.0 Å². The Kier molecular flexibility index (Phi) is 4.30. The topological polar surface area (TPSA) is 79.2 Å². The molecule has 0 aromatic heterocycles. The van der Waals surface area contributed by atoms with Crippen molar-refractivity contribution in [2.75, 3.05) is 19.8 Å². The van der Waals surface area contributed by atoms with Gasteiger partial charge in [-0.15, -0.1) is 0 Å².